The van der Waals surface area contributed by atoms with Crippen molar-refractivity contribution < 1.29 is 14.7 Å². The highest BCUT2D eigenvalue weighted by Gasteiger charge is 2.18. The van der Waals surface area contributed by atoms with Crippen molar-refractivity contribution >= 4 is 47.0 Å². The number of aryl methyl sites for hydroxylation is 1. The Labute approximate surface area is 240 Å². The van der Waals surface area contributed by atoms with Gasteiger partial charge in [0.2, 0.25) is 0 Å². The highest BCUT2D eigenvalue weighted by molar-refractivity contribution is 6.11. The fourth-order valence-electron chi connectivity index (χ4n) is 4.67. The van der Waals surface area contributed by atoms with Crippen LogP contribution in [0.15, 0.2) is 91.3 Å². The van der Waals surface area contributed by atoms with Crippen molar-refractivity contribution in [2.24, 2.45) is 0 Å². The minimum absolute atomic E-state index is 0. The molecule has 0 saturated carbocycles. The van der Waals surface area contributed by atoms with Crippen LogP contribution < -0.4 is 20.4 Å². The predicted molar refractivity (Wildman–Crippen MR) is 162 cm³/mol. The van der Waals surface area contributed by atoms with Gasteiger partial charge in [-0.2, -0.15) is 0 Å². The third kappa shape index (κ3) is 6.71. The van der Waals surface area contributed by atoms with Crippen molar-refractivity contribution in [2.75, 3.05) is 46.6 Å². The number of nitrogens with one attached hydrogen (secondary N) is 2. The van der Waals surface area contributed by atoms with Gasteiger partial charge in [0.05, 0.1) is 5.69 Å². The monoisotopic (exact) mass is 557 g/mol. The van der Waals surface area contributed by atoms with Crippen molar-refractivity contribution in [3.8, 4) is 5.75 Å². The summed E-state index contributed by atoms with van der Waals surface area (Å²) in [6.07, 6.45) is 4.66. The molecular formula is C31H32ClN5O3. The van der Waals surface area contributed by atoms with Crippen LogP contribution >= 0.6 is 12.4 Å². The fraction of sp³-hybridized carbons (Fsp3) is 0.194. The average Bonchev–Trinajstić information content (AvgIpc) is 3.22. The number of pyridine rings is 1. The molecule has 0 spiro atoms. The van der Waals surface area contributed by atoms with E-state index in [1.54, 1.807) is 36.4 Å². The molecule has 8 nitrogen and oxygen atoms in total. The molecule has 206 valence electrons. The van der Waals surface area contributed by atoms with E-state index in [-0.39, 0.29) is 35.7 Å². The van der Waals surface area contributed by atoms with E-state index in [0.29, 0.717) is 16.8 Å². The molecule has 0 unspecified atom stereocenters. The Balaban J connectivity index is 0.00000370. The Morgan fingerprint density at radius 2 is 1.27 bits per heavy atom. The summed E-state index contributed by atoms with van der Waals surface area (Å²) in [6, 6.07) is 23.4. The van der Waals surface area contributed by atoms with E-state index >= 15 is 0 Å². The fourth-order valence-corrected chi connectivity index (χ4v) is 4.67. The van der Waals surface area contributed by atoms with E-state index in [4.69, 9.17) is 0 Å². The lowest BCUT2D eigenvalue weighted by Gasteiger charge is -2.25. The zero-order valence-corrected chi connectivity index (χ0v) is 23.0. The first-order valence-electron chi connectivity index (χ1n) is 13.0. The van der Waals surface area contributed by atoms with Crippen molar-refractivity contribution in [2.45, 2.75) is 13.3 Å². The Morgan fingerprint density at radius 1 is 0.725 bits per heavy atom. The van der Waals surface area contributed by atoms with E-state index in [0.717, 1.165) is 43.9 Å². The summed E-state index contributed by atoms with van der Waals surface area (Å²) in [4.78, 5) is 34.6. The van der Waals surface area contributed by atoms with Crippen molar-refractivity contribution in [3.05, 3.63) is 108 Å². The smallest absolute Gasteiger partial charge is 0.255 e. The highest BCUT2D eigenvalue weighted by Crippen LogP contribution is 2.32. The summed E-state index contributed by atoms with van der Waals surface area (Å²) < 4.78 is 0. The molecule has 0 atom stereocenters. The molecule has 9 heteroatoms. The van der Waals surface area contributed by atoms with Crippen LogP contribution in [0.4, 0.5) is 22.7 Å². The number of carbonyl (C=O) groups is 2. The maximum atomic E-state index is 13.1. The molecule has 0 aliphatic carbocycles. The number of hydrogen-bond donors (Lipinski definition) is 3. The Kier molecular flexibility index (Phi) is 9.24. The van der Waals surface area contributed by atoms with Gasteiger partial charge in [0, 0.05) is 61.1 Å². The summed E-state index contributed by atoms with van der Waals surface area (Å²) in [7, 11) is 0. The van der Waals surface area contributed by atoms with Gasteiger partial charge in [0.15, 0.2) is 0 Å². The second-order valence-corrected chi connectivity index (χ2v) is 9.55. The van der Waals surface area contributed by atoms with Crippen LogP contribution in [0, 0.1) is 6.92 Å². The van der Waals surface area contributed by atoms with Crippen LogP contribution in [-0.4, -0.2) is 48.1 Å². The maximum Gasteiger partial charge on any atom is 0.255 e. The van der Waals surface area contributed by atoms with Crippen LogP contribution in [0.5, 0.6) is 5.75 Å². The number of aromatic nitrogens is 1. The number of phenols is 1. The van der Waals surface area contributed by atoms with Gasteiger partial charge in [0.25, 0.3) is 11.8 Å². The molecule has 40 heavy (non-hydrogen) atoms. The number of para-hydroxylation sites is 1. The number of rotatable bonds is 6. The number of anilines is 4. The van der Waals surface area contributed by atoms with Crippen molar-refractivity contribution in [3.63, 3.8) is 0 Å². The molecule has 5 rings (SSSR count). The van der Waals surface area contributed by atoms with Crippen LogP contribution in [0.3, 0.4) is 0 Å². The van der Waals surface area contributed by atoms with E-state index in [2.05, 4.69) is 25.4 Å². The molecule has 2 amide bonds. The lowest BCUT2D eigenvalue weighted by molar-refractivity contribution is 0.101. The number of benzene rings is 3. The number of hydrogen-bond acceptors (Lipinski definition) is 6. The summed E-state index contributed by atoms with van der Waals surface area (Å²) in [5.41, 5.74) is 4.67. The van der Waals surface area contributed by atoms with E-state index in [1.165, 1.54) is 11.8 Å². The number of phenolic OH excluding ortho intramolecular Hbond substituents is 1. The minimum Gasteiger partial charge on any atom is -0.506 e. The predicted octanol–water partition coefficient (Wildman–Crippen LogP) is 5.74. The van der Waals surface area contributed by atoms with Gasteiger partial charge >= 0.3 is 0 Å². The quantitative estimate of drug-likeness (QED) is 0.262. The van der Waals surface area contributed by atoms with Gasteiger partial charge in [-0.05, 0) is 74.0 Å². The van der Waals surface area contributed by atoms with Gasteiger partial charge in [-0.1, -0.05) is 23.8 Å². The molecule has 1 aliphatic heterocycles. The molecular weight excluding hydrogens is 526 g/mol. The van der Waals surface area contributed by atoms with Crippen LogP contribution in [0.25, 0.3) is 0 Å². The zero-order chi connectivity index (χ0) is 27.2. The van der Waals surface area contributed by atoms with Gasteiger partial charge < -0.3 is 25.5 Å². The SMILES string of the molecule is Cc1ccc(C(=O)Nc2cccc(O)c2NC(=O)c2ccc(N3CCCN(c4ccncc4)CC3)cc2)cc1.Cl. The Bertz CT molecular complexity index is 1450. The molecule has 0 radical (unpaired) electrons. The molecule has 4 aromatic rings. The second-order valence-electron chi connectivity index (χ2n) is 9.55. The molecule has 1 aromatic heterocycles. The van der Waals surface area contributed by atoms with Gasteiger partial charge in [-0.15, -0.1) is 12.4 Å². The molecule has 1 fully saturated rings. The number of aromatic hydroxyl groups is 1. The Morgan fingerprint density at radius 3 is 1.90 bits per heavy atom. The normalized spacial score (nSPS) is 13.1. The first kappa shape index (κ1) is 28.4. The first-order valence-corrected chi connectivity index (χ1v) is 13.0. The van der Waals surface area contributed by atoms with E-state index in [1.807, 2.05) is 55.7 Å². The summed E-state index contributed by atoms with van der Waals surface area (Å²) in [6.45, 7) is 5.62. The van der Waals surface area contributed by atoms with Gasteiger partial charge in [-0.25, -0.2) is 0 Å². The lowest BCUT2D eigenvalue weighted by atomic mass is 10.1. The van der Waals surface area contributed by atoms with Crippen LogP contribution in [0.2, 0.25) is 0 Å². The maximum absolute atomic E-state index is 13.1. The van der Waals surface area contributed by atoms with E-state index in [9.17, 15) is 14.7 Å². The van der Waals surface area contributed by atoms with Crippen LogP contribution in [0.1, 0.15) is 32.7 Å². The second kappa shape index (κ2) is 13.0. The average molecular weight is 558 g/mol. The standard InChI is InChI=1S/C31H31N5O3.ClH/c1-22-6-8-23(9-7-22)30(38)33-27-4-2-5-28(37)29(27)34-31(39)24-10-12-25(13-11-24)35-18-3-19-36(21-20-35)26-14-16-32-17-15-26;/h2,4-17,37H,3,18-21H2,1H3,(H,33,38)(H,34,39);1H. The summed E-state index contributed by atoms with van der Waals surface area (Å²) in [5, 5.41) is 16.0. The molecule has 2 heterocycles. The number of nitrogens with zero attached hydrogens (tertiary/aromatic N) is 3. The van der Waals surface area contributed by atoms with Crippen molar-refractivity contribution in [1.82, 2.24) is 4.98 Å². The van der Waals surface area contributed by atoms with Gasteiger partial charge in [-0.3, -0.25) is 14.6 Å². The zero-order valence-electron chi connectivity index (χ0n) is 22.2. The third-order valence-electron chi connectivity index (χ3n) is 6.86. The lowest BCUT2D eigenvalue weighted by Crippen LogP contribution is -2.30. The number of amides is 2. The highest BCUT2D eigenvalue weighted by atomic mass is 35.5. The summed E-state index contributed by atoms with van der Waals surface area (Å²) in [5.74, 6) is -0.848. The first-order chi connectivity index (χ1) is 19.0. The van der Waals surface area contributed by atoms with E-state index < -0.39 is 0 Å². The molecule has 1 saturated heterocycles. The van der Waals surface area contributed by atoms with Gasteiger partial charge in [0.1, 0.15) is 11.4 Å². The minimum atomic E-state index is -0.381. The molecule has 1 aliphatic rings. The largest absolute Gasteiger partial charge is 0.506 e. The molecule has 3 N–H and O–H groups in total. The van der Waals surface area contributed by atoms with Crippen molar-refractivity contribution in [1.29, 1.82) is 0 Å². The number of carbonyl (C=O) groups excluding carboxylic acids is 2. The molecule has 0 bridgehead atoms. The van der Waals surface area contributed by atoms with Crippen LogP contribution in [-0.2, 0) is 0 Å². The third-order valence-corrected chi connectivity index (χ3v) is 6.86. The topological polar surface area (TPSA) is 97.8 Å². The number of halogens is 1. The molecule has 3 aromatic carbocycles. The summed E-state index contributed by atoms with van der Waals surface area (Å²) >= 11 is 0. The Hall–Kier alpha value is -4.56.